The molecule has 154 valence electrons. The maximum atomic E-state index is 15.0. The Morgan fingerprint density at radius 3 is 2.66 bits per heavy atom. The Morgan fingerprint density at radius 2 is 1.93 bits per heavy atom. The van der Waals surface area contributed by atoms with Crippen molar-refractivity contribution in [3.05, 3.63) is 59.8 Å². The minimum atomic E-state index is -3.49. The minimum absolute atomic E-state index is 0.0667. The van der Waals surface area contributed by atoms with Crippen LogP contribution < -0.4 is 4.74 Å². The number of aromatic nitrogens is 3. The predicted molar refractivity (Wildman–Crippen MR) is 106 cm³/mol. The van der Waals surface area contributed by atoms with E-state index in [2.05, 4.69) is 10.3 Å². The van der Waals surface area contributed by atoms with Crippen LogP contribution in [0.15, 0.2) is 42.6 Å². The van der Waals surface area contributed by atoms with Gasteiger partial charge >= 0.3 is 0 Å². The molecule has 3 aromatic rings. The van der Waals surface area contributed by atoms with Crippen LogP contribution in [-0.4, -0.2) is 35.8 Å². The zero-order valence-corrected chi connectivity index (χ0v) is 16.9. The molecule has 0 N–H and O–H groups in total. The molecule has 6 nitrogen and oxygen atoms in total. The first-order valence-electron chi connectivity index (χ1n) is 9.18. The quantitative estimate of drug-likeness (QED) is 0.551. The summed E-state index contributed by atoms with van der Waals surface area (Å²) in [6.45, 7) is 4.09. The summed E-state index contributed by atoms with van der Waals surface area (Å²) in [5, 5.41) is 7.82. The number of halogens is 2. The van der Waals surface area contributed by atoms with Crippen LogP contribution in [-0.2, 0) is 15.6 Å². The fourth-order valence-electron chi connectivity index (χ4n) is 2.94. The monoisotopic (exact) mass is 421 g/mol. The molecule has 0 bridgehead atoms. The average molecular weight is 421 g/mol. The number of nitrogens with zero attached hydrogens (tertiary/aromatic N) is 3. The molecular weight excluding hydrogens is 400 g/mol. The first-order chi connectivity index (χ1) is 13.8. The van der Waals surface area contributed by atoms with Gasteiger partial charge < -0.3 is 4.74 Å². The van der Waals surface area contributed by atoms with Gasteiger partial charge in [0.25, 0.3) is 0 Å². The van der Waals surface area contributed by atoms with Gasteiger partial charge in [0.15, 0.2) is 21.5 Å². The number of ether oxygens (including phenoxy) is 1. The largest absolute Gasteiger partial charge is 0.494 e. The van der Waals surface area contributed by atoms with Crippen LogP contribution in [0.5, 0.6) is 5.75 Å². The predicted octanol–water partition coefficient (Wildman–Crippen LogP) is 3.94. The summed E-state index contributed by atoms with van der Waals surface area (Å²) in [5.41, 5.74) is 0.498. The van der Waals surface area contributed by atoms with Crippen molar-refractivity contribution >= 4 is 9.84 Å². The van der Waals surface area contributed by atoms with Crippen molar-refractivity contribution in [2.75, 3.05) is 12.4 Å². The molecule has 1 heterocycles. The third-order valence-corrected chi connectivity index (χ3v) is 5.98. The smallest absolute Gasteiger partial charge is 0.156 e. The van der Waals surface area contributed by atoms with Crippen molar-refractivity contribution in [1.29, 1.82) is 0 Å². The Hall–Kier alpha value is -2.81. The summed E-state index contributed by atoms with van der Waals surface area (Å²) in [6, 6.07) is 9.27. The summed E-state index contributed by atoms with van der Waals surface area (Å²) in [7, 11) is -3.49. The standard InChI is InChI=1S/C20H21F2N3O3S/c1-3-10-29(26,27)13-15-8-9-17(21)20(19(15)22)25-12-18(23-24-25)14-6-5-7-16(11-14)28-4-2/h5-9,11-12H,3-4,10,13H2,1-2H3. The van der Waals surface area contributed by atoms with Crippen molar-refractivity contribution in [2.24, 2.45) is 0 Å². The van der Waals surface area contributed by atoms with E-state index in [1.807, 2.05) is 6.92 Å². The number of hydrogen-bond acceptors (Lipinski definition) is 5. The third-order valence-electron chi connectivity index (χ3n) is 4.20. The Morgan fingerprint density at radius 1 is 1.14 bits per heavy atom. The molecule has 9 heteroatoms. The Kier molecular flexibility index (Phi) is 6.26. The van der Waals surface area contributed by atoms with E-state index in [1.165, 1.54) is 6.20 Å². The van der Waals surface area contributed by atoms with E-state index in [9.17, 15) is 17.2 Å². The lowest BCUT2D eigenvalue weighted by atomic mass is 10.1. The number of hydrogen-bond donors (Lipinski definition) is 0. The van der Waals surface area contributed by atoms with E-state index in [1.54, 1.807) is 31.2 Å². The van der Waals surface area contributed by atoms with E-state index in [0.717, 1.165) is 16.8 Å². The number of sulfone groups is 1. The molecule has 0 aliphatic heterocycles. The van der Waals surface area contributed by atoms with Gasteiger partial charge in [-0.3, -0.25) is 0 Å². The van der Waals surface area contributed by atoms with Crippen LogP contribution in [0.3, 0.4) is 0 Å². The minimum Gasteiger partial charge on any atom is -0.494 e. The molecule has 0 spiro atoms. The lowest BCUT2D eigenvalue weighted by Gasteiger charge is -2.09. The zero-order valence-electron chi connectivity index (χ0n) is 16.1. The second-order valence-corrected chi connectivity index (χ2v) is 8.65. The van der Waals surface area contributed by atoms with E-state index in [4.69, 9.17) is 4.74 Å². The third kappa shape index (κ3) is 4.79. The van der Waals surface area contributed by atoms with Crippen molar-refractivity contribution in [1.82, 2.24) is 15.0 Å². The second-order valence-electron chi connectivity index (χ2n) is 6.47. The molecule has 2 aromatic carbocycles. The lowest BCUT2D eigenvalue weighted by molar-refractivity contribution is 0.340. The molecule has 0 aliphatic rings. The molecule has 1 aromatic heterocycles. The molecular formula is C20H21F2N3O3S. The fourth-order valence-corrected chi connectivity index (χ4v) is 4.40. The number of benzene rings is 2. The molecule has 0 radical (unpaired) electrons. The van der Waals surface area contributed by atoms with Crippen LogP contribution in [0, 0.1) is 11.6 Å². The Balaban J connectivity index is 1.98. The molecule has 0 amide bonds. The van der Waals surface area contributed by atoms with Gasteiger partial charge in [0.1, 0.15) is 17.1 Å². The SMILES string of the molecule is CCCS(=O)(=O)Cc1ccc(F)c(-n2cc(-c3cccc(OCC)c3)nn2)c1F. The summed E-state index contributed by atoms with van der Waals surface area (Å²) in [4.78, 5) is 0. The van der Waals surface area contributed by atoms with Gasteiger partial charge in [0.05, 0.1) is 24.3 Å². The highest BCUT2D eigenvalue weighted by atomic mass is 32.2. The van der Waals surface area contributed by atoms with E-state index >= 15 is 0 Å². The summed E-state index contributed by atoms with van der Waals surface area (Å²) in [5.74, 6) is -1.76. The molecule has 0 aliphatic carbocycles. The summed E-state index contributed by atoms with van der Waals surface area (Å²) in [6.07, 6.45) is 1.81. The molecule has 0 fully saturated rings. The molecule has 29 heavy (non-hydrogen) atoms. The van der Waals surface area contributed by atoms with Gasteiger partial charge in [-0.25, -0.2) is 21.9 Å². The molecule has 0 unspecified atom stereocenters. The van der Waals surface area contributed by atoms with Gasteiger partial charge in [-0.05, 0) is 31.5 Å². The maximum Gasteiger partial charge on any atom is 0.156 e. The van der Waals surface area contributed by atoms with Gasteiger partial charge in [0.2, 0.25) is 0 Å². The highest BCUT2D eigenvalue weighted by Crippen LogP contribution is 2.26. The van der Waals surface area contributed by atoms with Gasteiger partial charge in [-0.1, -0.05) is 30.3 Å². The molecule has 0 atom stereocenters. The summed E-state index contributed by atoms with van der Waals surface area (Å²) < 4.78 is 59.9. The van der Waals surface area contributed by atoms with Gasteiger partial charge in [0, 0.05) is 11.1 Å². The van der Waals surface area contributed by atoms with Crippen LogP contribution in [0.2, 0.25) is 0 Å². The van der Waals surface area contributed by atoms with Gasteiger partial charge in [-0.2, -0.15) is 0 Å². The highest BCUT2D eigenvalue weighted by Gasteiger charge is 2.21. The van der Waals surface area contributed by atoms with E-state index < -0.39 is 32.9 Å². The van der Waals surface area contributed by atoms with Crippen LogP contribution >= 0.6 is 0 Å². The second kappa shape index (κ2) is 8.69. The van der Waals surface area contributed by atoms with Crippen LogP contribution in [0.4, 0.5) is 8.78 Å². The summed E-state index contributed by atoms with van der Waals surface area (Å²) >= 11 is 0. The molecule has 0 saturated carbocycles. The van der Waals surface area contributed by atoms with Gasteiger partial charge in [-0.15, -0.1) is 5.10 Å². The molecule has 3 rings (SSSR count). The van der Waals surface area contributed by atoms with Crippen molar-refractivity contribution in [3.63, 3.8) is 0 Å². The van der Waals surface area contributed by atoms with Crippen molar-refractivity contribution < 1.29 is 21.9 Å². The maximum absolute atomic E-state index is 15.0. The first-order valence-corrected chi connectivity index (χ1v) is 11.0. The van der Waals surface area contributed by atoms with Crippen molar-refractivity contribution in [3.8, 4) is 22.7 Å². The lowest BCUT2D eigenvalue weighted by Crippen LogP contribution is -2.12. The van der Waals surface area contributed by atoms with Crippen LogP contribution in [0.1, 0.15) is 25.8 Å². The first kappa shape index (κ1) is 20.9. The van der Waals surface area contributed by atoms with Crippen LogP contribution in [0.25, 0.3) is 16.9 Å². The van der Waals surface area contributed by atoms with E-state index in [0.29, 0.717) is 30.0 Å². The molecule has 0 saturated heterocycles. The van der Waals surface area contributed by atoms with Crippen molar-refractivity contribution in [2.45, 2.75) is 26.0 Å². The topological polar surface area (TPSA) is 74.1 Å². The normalized spacial score (nSPS) is 11.6. The highest BCUT2D eigenvalue weighted by molar-refractivity contribution is 7.90. The number of rotatable bonds is 8. The zero-order chi connectivity index (χ0) is 21.0. The fraction of sp³-hybridized carbons (Fsp3) is 0.300. The van der Waals surface area contributed by atoms with E-state index in [-0.39, 0.29) is 11.3 Å². The average Bonchev–Trinajstić information content (AvgIpc) is 3.14. The Bertz CT molecular complexity index is 1110. The Labute approximate surface area is 168 Å².